The van der Waals surface area contributed by atoms with Gasteiger partial charge in [-0.1, -0.05) is 12.1 Å². The standard InChI is InChI=1S/C12H13F3OS2/c13-12(14,15)9-3-1-2-8(6-9)11(16)10-7-17-4-5-18-10/h1-3,6,10-11,16H,4-5,7H2. The average molecular weight is 294 g/mol. The number of alkyl halides is 3. The number of benzene rings is 1. The fourth-order valence-corrected chi connectivity index (χ4v) is 4.56. The first-order valence-electron chi connectivity index (χ1n) is 5.53. The van der Waals surface area contributed by atoms with E-state index in [4.69, 9.17) is 0 Å². The van der Waals surface area contributed by atoms with Gasteiger partial charge in [-0.3, -0.25) is 0 Å². The van der Waals surface area contributed by atoms with Crippen molar-refractivity contribution in [3.05, 3.63) is 35.4 Å². The molecule has 1 N–H and O–H groups in total. The van der Waals surface area contributed by atoms with Crippen molar-refractivity contribution in [2.75, 3.05) is 17.3 Å². The number of aliphatic hydroxyl groups is 1. The summed E-state index contributed by atoms with van der Waals surface area (Å²) in [5.74, 6) is 2.75. The molecule has 0 radical (unpaired) electrons. The van der Waals surface area contributed by atoms with Crippen molar-refractivity contribution >= 4 is 23.5 Å². The van der Waals surface area contributed by atoms with Crippen LogP contribution < -0.4 is 0 Å². The summed E-state index contributed by atoms with van der Waals surface area (Å²) in [7, 11) is 0. The van der Waals surface area contributed by atoms with Crippen LogP contribution in [-0.2, 0) is 6.18 Å². The normalized spacial score (nSPS) is 22.8. The molecule has 1 fully saturated rings. The molecule has 1 aromatic rings. The topological polar surface area (TPSA) is 20.2 Å². The van der Waals surface area contributed by atoms with Crippen molar-refractivity contribution in [2.45, 2.75) is 17.5 Å². The monoisotopic (exact) mass is 294 g/mol. The van der Waals surface area contributed by atoms with Crippen LogP contribution in [0, 0.1) is 0 Å². The Morgan fingerprint density at radius 3 is 2.67 bits per heavy atom. The fourth-order valence-electron chi connectivity index (χ4n) is 1.80. The van der Waals surface area contributed by atoms with E-state index in [0.717, 1.165) is 29.4 Å². The number of rotatable bonds is 2. The molecular formula is C12H13F3OS2. The lowest BCUT2D eigenvalue weighted by atomic mass is 10.0. The zero-order valence-electron chi connectivity index (χ0n) is 9.48. The maximum atomic E-state index is 12.6. The van der Waals surface area contributed by atoms with Crippen molar-refractivity contribution in [3.8, 4) is 0 Å². The van der Waals surface area contributed by atoms with Crippen LogP contribution >= 0.6 is 23.5 Å². The second kappa shape index (κ2) is 5.75. The van der Waals surface area contributed by atoms with Gasteiger partial charge in [0.2, 0.25) is 0 Å². The van der Waals surface area contributed by atoms with Gasteiger partial charge >= 0.3 is 6.18 Å². The minimum Gasteiger partial charge on any atom is -0.387 e. The quantitative estimate of drug-likeness (QED) is 0.900. The van der Waals surface area contributed by atoms with E-state index in [1.54, 1.807) is 29.6 Å². The number of halogens is 3. The zero-order valence-corrected chi connectivity index (χ0v) is 11.1. The minimum absolute atomic E-state index is 0.0211. The second-order valence-corrected chi connectivity index (χ2v) is 6.55. The van der Waals surface area contributed by atoms with Crippen LogP contribution in [0.1, 0.15) is 17.2 Å². The molecular weight excluding hydrogens is 281 g/mol. The van der Waals surface area contributed by atoms with Gasteiger partial charge < -0.3 is 5.11 Å². The summed E-state index contributed by atoms with van der Waals surface area (Å²) in [6, 6.07) is 4.98. The molecule has 1 aliphatic rings. The summed E-state index contributed by atoms with van der Waals surface area (Å²) in [6.45, 7) is 0. The molecule has 1 nitrogen and oxygen atoms in total. The number of hydrogen-bond donors (Lipinski definition) is 1. The lowest BCUT2D eigenvalue weighted by Crippen LogP contribution is -2.22. The largest absolute Gasteiger partial charge is 0.416 e. The molecule has 2 unspecified atom stereocenters. The van der Waals surface area contributed by atoms with Gasteiger partial charge in [-0.15, -0.1) is 0 Å². The minimum atomic E-state index is -4.36. The van der Waals surface area contributed by atoms with Crippen LogP contribution in [-0.4, -0.2) is 27.6 Å². The first kappa shape index (κ1) is 14.1. The number of aliphatic hydroxyl groups excluding tert-OH is 1. The van der Waals surface area contributed by atoms with Crippen LogP contribution in [0.2, 0.25) is 0 Å². The lowest BCUT2D eigenvalue weighted by molar-refractivity contribution is -0.137. The van der Waals surface area contributed by atoms with Crippen LogP contribution in [0.25, 0.3) is 0 Å². The van der Waals surface area contributed by atoms with Crippen LogP contribution in [0.5, 0.6) is 0 Å². The predicted octanol–water partition coefficient (Wildman–Crippen LogP) is 3.59. The first-order chi connectivity index (χ1) is 8.48. The molecule has 1 saturated heterocycles. The highest BCUT2D eigenvalue weighted by Crippen LogP contribution is 2.36. The van der Waals surface area contributed by atoms with Crippen molar-refractivity contribution in [1.82, 2.24) is 0 Å². The van der Waals surface area contributed by atoms with E-state index in [9.17, 15) is 18.3 Å². The fraction of sp³-hybridized carbons (Fsp3) is 0.500. The molecule has 100 valence electrons. The van der Waals surface area contributed by atoms with Crippen molar-refractivity contribution in [2.24, 2.45) is 0 Å². The molecule has 0 aliphatic carbocycles. The molecule has 1 heterocycles. The Hall–Kier alpha value is -0.330. The summed E-state index contributed by atoms with van der Waals surface area (Å²) in [4.78, 5) is 0. The van der Waals surface area contributed by atoms with Crippen molar-refractivity contribution in [1.29, 1.82) is 0 Å². The van der Waals surface area contributed by atoms with E-state index >= 15 is 0 Å². The van der Waals surface area contributed by atoms with E-state index in [-0.39, 0.29) is 5.25 Å². The van der Waals surface area contributed by atoms with Crippen LogP contribution in [0.3, 0.4) is 0 Å². The van der Waals surface area contributed by atoms with Gasteiger partial charge in [-0.2, -0.15) is 36.7 Å². The molecule has 0 bridgehead atoms. The SMILES string of the molecule is OC(c1cccc(C(F)(F)F)c1)C1CSCCS1. The highest BCUT2D eigenvalue weighted by molar-refractivity contribution is 8.06. The van der Waals surface area contributed by atoms with E-state index in [2.05, 4.69) is 0 Å². The van der Waals surface area contributed by atoms with Gasteiger partial charge in [0.15, 0.2) is 0 Å². The van der Waals surface area contributed by atoms with Gasteiger partial charge in [0.05, 0.1) is 11.7 Å². The van der Waals surface area contributed by atoms with E-state index in [1.807, 2.05) is 0 Å². The molecule has 0 saturated carbocycles. The van der Waals surface area contributed by atoms with Gasteiger partial charge in [-0.25, -0.2) is 0 Å². The molecule has 0 aromatic heterocycles. The van der Waals surface area contributed by atoms with E-state index < -0.39 is 17.8 Å². The summed E-state index contributed by atoms with van der Waals surface area (Å²) in [5.41, 5.74) is -0.350. The highest BCUT2D eigenvalue weighted by Gasteiger charge is 2.32. The lowest BCUT2D eigenvalue weighted by Gasteiger charge is -2.26. The van der Waals surface area contributed by atoms with E-state index in [0.29, 0.717) is 5.56 Å². The Morgan fingerprint density at radius 1 is 1.28 bits per heavy atom. The summed E-state index contributed by atoms with van der Waals surface area (Å²) in [6.07, 6.45) is -5.19. The smallest absolute Gasteiger partial charge is 0.387 e. The molecule has 1 aliphatic heterocycles. The van der Waals surface area contributed by atoms with Gasteiger partial charge in [0.25, 0.3) is 0 Å². The Balaban J connectivity index is 2.17. The van der Waals surface area contributed by atoms with Gasteiger partial charge in [0.1, 0.15) is 0 Å². The Bertz CT molecular complexity index is 403. The van der Waals surface area contributed by atoms with Crippen LogP contribution in [0.4, 0.5) is 13.2 Å². The number of thioether (sulfide) groups is 2. The Morgan fingerprint density at radius 2 is 2.06 bits per heavy atom. The highest BCUT2D eigenvalue weighted by atomic mass is 32.2. The van der Waals surface area contributed by atoms with Crippen molar-refractivity contribution < 1.29 is 18.3 Å². The third-order valence-electron chi connectivity index (χ3n) is 2.75. The first-order valence-corrected chi connectivity index (χ1v) is 7.73. The molecule has 0 amide bonds. The molecule has 2 atom stereocenters. The third kappa shape index (κ3) is 3.36. The summed E-state index contributed by atoms with van der Waals surface area (Å²) in [5, 5.41) is 10.1. The maximum absolute atomic E-state index is 12.6. The molecule has 18 heavy (non-hydrogen) atoms. The maximum Gasteiger partial charge on any atom is 0.416 e. The molecule has 1 aromatic carbocycles. The average Bonchev–Trinajstić information content (AvgIpc) is 2.38. The number of hydrogen-bond acceptors (Lipinski definition) is 3. The summed E-state index contributed by atoms with van der Waals surface area (Å²) < 4.78 is 37.7. The van der Waals surface area contributed by atoms with Crippen molar-refractivity contribution in [3.63, 3.8) is 0 Å². The molecule has 0 spiro atoms. The van der Waals surface area contributed by atoms with Gasteiger partial charge in [-0.05, 0) is 17.7 Å². The predicted molar refractivity (Wildman–Crippen MR) is 70.0 cm³/mol. The zero-order chi connectivity index (χ0) is 13.2. The second-order valence-electron chi connectivity index (χ2n) is 4.05. The Kier molecular flexibility index (Phi) is 4.50. The van der Waals surface area contributed by atoms with Crippen LogP contribution in [0.15, 0.2) is 24.3 Å². The third-order valence-corrected chi connectivity index (χ3v) is 5.60. The Labute approximate surface area is 112 Å². The van der Waals surface area contributed by atoms with E-state index in [1.165, 1.54) is 6.07 Å². The van der Waals surface area contributed by atoms with Gasteiger partial charge in [0, 0.05) is 22.5 Å². The summed E-state index contributed by atoms with van der Waals surface area (Å²) >= 11 is 3.36. The molecule has 2 rings (SSSR count). The molecule has 6 heteroatoms.